The van der Waals surface area contributed by atoms with Crippen molar-refractivity contribution in [3.05, 3.63) is 53.6 Å². The first kappa shape index (κ1) is 18.2. The molecule has 0 spiro atoms. The summed E-state index contributed by atoms with van der Waals surface area (Å²) in [6.45, 7) is 4.30. The fourth-order valence-electron chi connectivity index (χ4n) is 2.31. The summed E-state index contributed by atoms with van der Waals surface area (Å²) in [5, 5.41) is 3.48. The summed E-state index contributed by atoms with van der Waals surface area (Å²) >= 11 is 1.73. The highest BCUT2D eigenvalue weighted by atomic mass is 32.2. The van der Waals surface area contributed by atoms with Crippen LogP contribution < -0.4 is 11.1 Å². The van der Waals surface area contributed by atoms with Crippen molar-refractivity contribution in [1.82, 2.24) is 0 Å². The van der Waals surface area contributed by atoms with E-state index in [1.807, 2.05) is 44.2 Å². The van der Waals surface area contributed by atoms with Crippen LogP contribution in [0.25, 0.3) is 0 Å². The van der Waals surface area contributed by atoms with Crippen LogP contribution in [-0.2, 0) is 15.3 Å². The van der Waals surface area contributed by atoms with E-state index in [0.29, 0.717) is 13.0 Å². The number of aryl methyl sites for hydroxylation is 1. The predicted octanol–water partition coefficient (Wildman–Crippen LogP) is 4.51. The molecule has 0 heterocycles. The van der Waals surface area contributed by atoms with Crippen LogP contribution in [0.5, 0.6) is 0 Å². The summed E-state index contributed by atoms with van der Waals surface area (Å²) in [4.78, 5) is 11.4. The van der Waals surface area contributed by atoms with E-state index < -0.39 is 0 Å². The molecule has 0 saturated heterocycles. The van der Waals surface area contributed by atoms with Crippen molar-refractivity contribution >= 4 is 34.8 Å². The number of nitrogen functional groups attached to an aromatic ring is 1. The van der Waals surface area contributed by atoms with Gasteiger partial charge in [-0.1, -0.05) is 18.2 Å². The summed E-state index contributed by atoms with van der Waals surface area (Å²) in [7, 11) is 0. The maximum absolute atomic E-state index is 11.4. The Labute approximate surface area is 147 Å². The molecule has 24 heavy (non-hydrogen) atoms. The second kappa shape index (κ2) is 9.23. The van der Waals surface area contributed by atoms with Crippen molar-refractivity contribution in [2.24, 2.45) is 0 Å². The number of carbonyl (C=O) groups excluding carboxylic acids is 1. The fraction of sp³-hybridized carbons (Fsp3) is 0.316. The molecule has 0 aliphatic carbocycles. The molecule has 3 N–H and O–H groups in total. The molecule has 2 aromatic rings. The topological polar surface area (TPSA) is 64.3 Å². The number of carbonyl (C=O) groups is 1. The number of benzene rings is 2. The van der Waals surface area contributed by atoms with E-state index >= 15 is 0 Å². The van der Waals surface area contributed by atoms with Gasteiger partial charge in [0.15, 0.2) is 0 Å². The van der Waals surface area contributed by atoms with Crippen LogP contribution in [0.3, 0.4) is 0 Å². The number of esters is 1. The van der Waals surface area contributed by atoms with E-state index in [4.69, 9.17) is 10.5 Å². The predicted molar refractivity (Wildman–Crippen MR) is 103 cm³/mol. The lowest BCUT2D eigenvalue weighted by atomic mass is 10.1. The summed E-state index contributed by atoms with van der Waals surface area (Å²) in [5.41, 5.74) is 11.0. The Kier molecular flexibility index (Phi) is 7.00. The maximum Gasteiger partial charge on any atom is 0.306 e. The van der Waals surface area contributed by atoms with Gasteiger partial charge in [-0.3, -0.25) is 4.79 Å². The van der Waals surface area contributed by atoms with Gasteiger partial charge in [0.1, 0.15) is 0 Å². The van der Waals surface area contributed by atoms with Gasteiger partial charge in [0.2, 0.25) is 0 Å². The molecule has 0 unspecified atom stereocenters. The molecule has 0 amide bonds. The highest BCUT2D eigenvalue weighted by Gasteiger charge is 2.06. The first-order valence-corrected chi connectivity index (χ1v) is 9.20. The Morgan fingerprint density at radius 3 is 2.75 bits per heavy atom. The van der Waals surface area contributed by atoms with Gasteiger partial charge >= 0.3 is 5.97 Å². The second-order valence-corrected chi connectivity index (χ2v) is 6.57. The van der Waals surface area contributed by atoms with Crippen LogP contribution in [-0.4, -0.2) is 18.3 Å². The molecule has 0 atom stereocenters. The molecule has 0 aliphatic rings. The Hall–Kier alpha value is -2.14. The number of nitrogens with two attached hydrogens (primary N) is 1. The van der Waals surface area contributed by atoms with Crippen molar-refractivity contribution in [2.75, 3.05) is 23.4 Å². The minimum atomic E-state index is -0.131. The van der Waals surface area contributed by atoms with E-state index in [1.54, 1.807) is 11.8 Å². The average molecular weight is 344 g/mol. The van der Waals surface area contributed by atoms with E-state index in [2.05, 4.69) is 17.4 Å². The quantitative estimate of drug-likeness (QED) is 0.419. The van der Waals surface area contributed by atoms with Gasteiger partial charge in [-0.15, -0.1) is 0 Å². The lowest BCUT2D eigenvalue weighted by Crippen LogP contribution is -2.05. The first-order chi connectivity index (χ1) is 11.6. The zero-order valence-corrected chi connectivity index (χ0v) is 15.0. The Morgan fingerprint density at radius 2 is 2.00 bits per heavy atom. The van der Waals surface area contributed by atoms with E-state index in [9.17, 15) is 4.79 Å². The lowest BCUT2D eigenvalue weighted by Gasteiger charge is -2.14. The van der Waals surface area contributed by atoms with Crippen molar-refractivity contribution in [1.29, 1.82) is 0 Å². The molecule has 2 rings (SSSR count). The second-order valence-electron chi connectivity index (χ2n) is 5.46. The van der Waals surface area contributed by atoms with Crippen molar-refractivity contribution < 1.29 is 9.53 Å². The number of anilines is 3. The number of rotatable bonds is 8. The summed E-state index contributed by atoms with van der Waals surface area (Å²) in [5.74, 6) is 1.47. The van der Waals surface area contributed by atoms with Gasteiger partial charge in [-0.25, -0.2) is 0 Å². The number of ether oxygens (including phenoxy) is 1. The molecule has 2 aromatic carbocycles. The van der Waals surface area contributed by atoms with Gasteiger partial charge in [-0.2, -0.15) is 11.8 Å². The van der Waals surface area contributed by atoms with Gasteiger partial charge in [0, 0.05) is 28.6 Å². The molecule has 128 valence electrons. The Morgan fingerprint density at radius 1 is 1.21 bits per heavy atom. The molecular formula is C19H24N2O2S. The molecule has 0 fully saturated rings. The number of thioether (sulfide) groups is 1. The third-order valence-electron chi connectivity index (χ3n) is 3.55. The minimum Gasteiger partial charge on any atom is -0.466 e. The summed E-state index contributed by atoms with van der Waals surface area (Å²) < 4.78 is 4.94. The third-order valence-corrected chi connectivity index (χ3v) is 4.56. The molecule has 0 saturated carbocycles. The fourth-order valence-corrected chi connectivity index (χ4v) is 3.24. The first-order valence-electron chi connectivity index (χ1n) is 8.04. The van der Waals surface area contributed by atoms with Gasteiger partial charge in [0.05, 0.1) is 13.0 Å². The van der Waals surface area contributed by atoms with Crippen LogP contribution in [0.1, 0.15) is 24.5 Å². The van der Waals surface area contributed by atoms with Crippen molar-refractivity contribution in [3.63, 3.8) is 0 Å². The summed E-state index contributed by atoms with van der Waals surface area (Å²) in [6.07, 6.45) is 0.450. The van der Waals surface area contributed by atoms with Crippen LogP contribution in [0.4, 0.5) is 17.1 Å². The van der Waals surface area contributed by atoms with Crippen molar-refractivity contribution in [3.8, 4) is 0 Å². The number of hydrogen-bond donors (Lipinski definition) is 2. The van der Waals surface area contributed by atoms with E-state index in [-0.39, 0.29) is 5.97 Å². The van der Waals surface area contributed by atoms with E-state index in [1.165, 1.54) is 5.56 Å². The molecule has 0 bridgehead atoms. The van der Waals surface area contributed by atoms with Crippen molar-refractivity contribution in [2.45, 2.75) is 26.0 Å². The Balaban J connectivity index is 1.96. The van der Waals surface area contributed by atoms with Crippen LogP contribution in [0.15, 0.2) is 42.5 Å². The standard InChI is InChI=1S/C19H24N2O2S/c1-3-23-19(22)10-11-24-13-15-6-4-5-7-18(15)21-17-9-8-16(20)12-14(17)2/h4-9,12,21H,3,10-11,13,20H2,1-2H3. The summed E-state index contributed by atoms with van der Waals surface area (Å²) in [6, 6.07) is 14.1. The number of hydrogen-bond acceptors (Lipinski definition) is 5. The van der Waals surface area contributed by atoms with Gasteiger partial charge < -0.3 is 15.8 Å². The maximum atomic E-state index is 11.4. The highest BCUT2D eigenvalue weighted by Crippen LogP contribution is 2.27. The van der Waals surface area contributed by atoms with Gasteiger partial charge in [-0.05, 0) is 49.2 Å². The Bertz CT molecular complexity index is 689. The molecule has 0 aliphatic heterocycles. The van der Waals surface area contributed by atoms with Gasteiger partial charge in [0.25, 0.3) is 0 Å². The molecule has 0 radical (unpaired) electrons. The zero-order chi connectivity index (χ0) is 17.4. The van der Waals surface area contributed by atoms with Crippen LogP contribution in [0, 0.1) is 6.92 Å². The van der Waals surface area contributed by atoms with Crippen LogP contribution in [0.2, 0.25) is 0 Å². The smallest absolute Gasteiger partial charge is 0.306 e. The number of nitrogens with one attached hydrogen (secondary N) is 1. The normalized spacial score (nSPS) is 10.4. The molecule has 5 heteroatoms. The van der Waals surface area contributed by atoms with E-state index in [0.717, 1.165) is 34.1 Å². The molecule has 0 aromatic heterocycles. The highest BCUT2D eigenvalue weighted by molar-refractivity contribution is 7.98. The third kappa shape index (κ3) is 5.49. The van der Waals surface area contributed by atoms with Crippen LogP contribution >= 0.6 is 11.8 Å². The molecule has 4 nitrogen and oxygen atoms in total. The monoisotopic (exact) mass is 344 g/mol. The largest absolute Gasteiger partial charge is 0.466 e. The SMILES string of the molecule is CCOC(=O)CCSCc1ccccc1Nc1ccc(N)cc1C. The number of para-hydroxylation sites is 1. The zero-order valence-electron chi connectivity index (χ0n) is 14.2. The average Bonchev–Trinajstić information content (AvgIpc) is 2.56. The lowest BCUT2D eigenvalue weighted by molar-refractivity contribution is -0.142. The minimum absolute atomic E-state index is 0.131. The molecular weight excluding hydrogens is 320 g/mol.